The minimum atomic E-state index is -1.22. The first-order valence-electron chi connectivity index (χ1n) is 6.62. The maximum absolute atomic E-state index is 11.6. The molecule has 2 aliphatic rings. The average molecular weight is 259 g/mol. The van der Waals surface area contributed by atoms with Crippen molar-refractivity contribution in [1.29, 1.82) is 0 Å². The van der Waals surface area contributed by atoms with E-state index in [9.17, 15) is 9.90 Å². The van der Waals surface area contributed by atoms with Gasteiger partial charge in [0.2, 0.25) is 6.29 Å². The average Bonchev–Trinajstić information content (AvgIpc) is 2.91. The summed E-state index contributed by atoms with van der Waals surface area (Å²) in [5.74, 6) is 0. The Kier molecular flexibility index (Phi) is 5.22. The van der Waals surface area contributed by atoms with E-state index in [1.165, 1.54) is 0 Å². The van der Waals surface area contributed by atoms with Crippen LogP contribution in [0.15, 0.2) is 0 Å². The molecule has 0 aromatic rings. The molecule has 6 heteroatoms. The SMILES string of the molecule is O=C(O[C@H](O)COC1CCCCO1)N1CCCC1. The molecule has 2 fully saturated rings. The third kappa shape index (κ3) is 4.12. The van der Waals surface area contributed by atoms with Gasteiger partial charge in [-0.05, 0) is 32.1 Å². The van der Waals surface area contributed by atoms with E-state index in [1.807, 2.05) is 0 Å². The standard InChI is InChI=1S/C12H21NO5/c14-10(9-17-11-5-1-4-8-16-11)18-12(15)13-6-2-3-7-13/h10-11,14H,1-9H2/t10-,11?/m0/s1. The topological polar surface area (TPSA) is 68.2 Å². The predicted octanol–water partition coefficient (Wildman–Crippen LogP) is 1.08. The third-order valence-electron chi connectivity index (χ3n) is 3.16. The van der Waals surface area contributed by atoms with E-state index in [-0.39, 0.29) is 12.9 Å². The zero-order valence-corrected chi connectivity index (χ0v) is 10.5. The van der Waals surface area contributed by atoms with Gasteiger partial charge >= 0.3 is 6.09 Å². The molecule has 1 N–H and O–H groups in total. The Balaban J connectivity index is 1.61. The molecule has 0 spiro atoms. The smallest absolute Gasteiger partial charge is 0.412 e. The molecule has 2 heterocycles. The monoisotopic (exact) mass is 259 g/mol. The van der Waals surface area contributed by atoms with Gasteiger partial charge in [-0.25, -0.2) is 4.79 Å². The summed E-state index contributed by atoms with van der Waals surface area (Å²) in [5.41, 5.74) is 0. The fraction of sp³-hybridized carbons (Fsp3) is 0.917. The highest BCUT2D eigenvalue weighted by molar-refractivity contribution is 5.67. The maximum Gasteiger partial charge on any atom is 0.412 e. The van der Waals surface area contributed by atoms with Crippen LogP contribution >= 0.6 is 0 Å². The van der Waals surface area contributed by atoms with Crippen molar-refractivity contribution in [2.75, 3.05) is 26.3 Å². The number of aliphatic hydroxyl groups excluding tert-OH is 1. The molecule has 2 aliphatic heterocycles. The van der Waals surface area contributed by atoms with Crippen LogP contribution in [0.2, 0.25) is 0 Å². The molecule has 2 atom stereocenters. The van der Waals surface area contributed by atoms with Crippen LogP contribution < -0.4 is 0 Å². The van der Waals surface area contributed by atoms with Gasteiger partial charge in [-0.1, -0.05) is 0 Å². The number of carbonyl (C=O) groups is 1. The lowest BCUT2D eigenvalue weighted by Crippen LogP contribution is -2.35. The number of likely N-dealkylation sites (tertiary alicyclic amines) is 1. The number of aliphatic hydroxyl groups is 1. The number of ether oxygens (including phenoxy) is 3. The molecule has 0 aromatic carbocycles. The van der Waals surface area contributed by atoms with E-state index >= 15 is 0 Å². The van der Waals surface area contributed by atoms with Crippen LogP contribution in [-0.2, 0) is 14.2 Å². The first kappa shape index (κ1) is 13.6. The number of amides is 1. The fourth-order valence-corrected chi connectivity index (χ4v) is 2.16. The quantitative estimate of drug-likeness (QED) is 0.765. The summed E-state index contributed by atoms with van der Waals surface area (Å²) in [7, 11) is 0. The van der Waals surface area contributed by atoms with E-state index < -0.39 is 12.4 Å². The Bertz CT molecular complexity index is 261. The minimum absolute atomic E-state index is 0.0375. The van der Waals surface area contributed by atoms with Crippen molar-refractivity contribution in [2.45, 2.75) is 44.7 Å². The molecule has 6 nitrogen and oxygen atoms in total. The van der Waals surface area contributed by atoms with Gasteiger partial charge in [0, 0.05) is 19.7 Å². The summed E-state index contributed by atoms with van der Waals surface area (Å²) in [6.45, 7) is 2.06. The Hall–Kier alpha value is -0.850. The van der Waals surface area contributed by atoms with E-state index in [0.717, 1.165) is 32.1 Å². The van der Waals surface area contributed by atoms with Crippen molar-refractivity contribution in [3.05, 3.63) is 0 Å². The molecular weight excluding hydrogens is 238 g/mol. The first-order chi connectivity index (χ1) is 8.75. The highest BCUT2D eigenvalue weighted by Crippen LogP contribution is 2.14. The summed E-state index contributed by atoms with van der Waals surface area (Å²) in [6.07, 6.45) is 2.97. The van der Waals surface area contributed by atoms with E-state index in [2.05, 4.69) is 0 Å². The molecule has 2 saturated heterocycles. The third-order valence-corrected chi connectivity index (χ3v) is 3.16. The van der Waals surface area contributed by atoms with Crippen molar-refractivity contribution in [3.8, 4) is 0 Å². The molecular formula is C12H21NO5. The second kappa shape index (κ2) is 6.92. The zero-order valence-electron chi connectivity index (χ0n) is 10.5. The van der Waals surface area contributed by atoms with Gasteiger partial charge in [0.05, 0.1) is 0 Å². The van der Waals surface area contributed by atoms with E-state index in [4.69, 9.17) is 14.2 Å². The lowest BCUT2D eigenvalue weighted by Gasteiger charge is -2.24. The lowest BCUT2D eigenvalue weighted by molar-refractivity contribution is -0.201. The van der Waals surface area contributed by atoms with Gasteiger partial charge in [-0.2, -0.15) is 0 Å². The fourth-order valence-electron chi connectivity index (χ4n) is 2.16. The molecule has 1 amide bonds. The van der Waals surface area contributed by atoms with Gasteiger partial charge in [-0.15, -0.1) is 0 Å². The molecule has 18 heavy (non-hydrogen) atoms. The summed E-state index contributed by atoms with van der Waals surface area (Å²) in [4.78, 5) is 13.2. The van der Waals surface area contributed by atoms with Gasteiger partial charge in [0.25, 0.3) is 0 Å². The number of nitrogens with zero attached hydrogens (tertiary/aromatic N) is 1. The van der Waals surface area contributed by atoms with Crippen LogP contribution in [0.5, 0.6) is 0 Å². The van der Waals surface area contributed by atoms with Crippen molar-refractivity contribution in [3.63, 3.8) is 0 Å². The summed E-state index contributed by atoms with van der Waals surface area (Å²) >= 11 is 0. The Morgan fingerprint density at radius 3 is 2.78 bits per heavy atom. The highest BCUT2D eigenvalue weighted by Gasteiger charge is 2.23. The van der Waals surface area contributed by atoms with Gasteiger partial charge < -0.3 is 24.2 Å². The van der Waals surface area contributed by atoms with Crippen LogP contribution in [0.3, 0.4) is 0 Å². The van der Waals surface area contributed by atoms with Crippen LogP contribution in [0.1, 0.15) is 32.1 Å². The normalized spacial score (nSPS) is 26.1. The second-order valence-electron chi connectivity index (χ2n) is 4.66. The van der Waals surface area contributed by atoms with Gasteiger partial charge in [0.1, 0.15) is 6.61 Å². The van der Waals surface area contributed by atoms with Crippen LogP contribution in [0, 0.1) is 0 Å². The maximum atomic E-state index is 11.6. The van der Waals surface area contributed by atoms with Crippen LogP contribution in [0.4, 0.5) is 4.79 Å². The molecule has 0 aromatic heterocycles. The summed E-state index contributed by atoms with van der Waals surface area (Å²) in [6, 6.07) is 0. The Morgan fingerprint density at radius 1 is 1.33 bits per heavy atom. The summed E-state index contributed by atoms with van der Waals surface area (Å²) < 4.78 is 15.6. The first-order valence-corrected chi connectivity index (χ1v) is 6.62. The van der Waals surface area contributed by atoms with Gasteiger partial charge in [0.15, 0.2) is 6.29 Å². The molecule has 0 saturated carbocycles. The second-order valence-corrected chi connectivity index (χ2v) is 4.66. The van der Waals surface area contributed by atoms with Gasteiger partial charge in [-0.3, -0.25) is 0 Å². The van der Waals surface area contributed by atoms with Crippen molar-refractivity contribution < 1.29 is 24.1 Å². The number of hydrogen-bond donors (Lipinski definition) is 1. The van der Waals surface area contributed by atoms with E-state index in [1.54, 1.807) is 4.90 Å². The van der Waals surface area contributed by atoms with Crippen LogP contribution in [-0.4, -0.2) is 55.0 Å². The molecule has 0 radical (unpaired) electrons. The Labute approximate surface area is 107 Å². The number of hydrogen-bond acceptors (Lipinski definition) is 5. The molecule has 104 valence electrons. The zero-order chi connectivity index (χ0) is 12.8. The molecule has 0 bridgehead atoms. The number of carbonyl (C=O) groups excluding carboxylic acids is 1. The van der Waals surface area contributed by atoms with Crippen LogP contribution in [0.25, 0.3) is 0 Å². The lowest BCUT2D eigenvalue weighted by atomic mass is 10.2. The largest absolute Gasteiger partial charge is 0.417 e. The summed E-state index contributed by atoms with van der Waals surface area (Å²) in [5, 5.41) is 9.56. The highest BCUT2D eigenvalue weighted by atomic mass is 16.7. The van der Waals surface area contributed by atoms with Crippen molar-refractivity contribution in [1.82, 2.24) is 4.90 Å². The van der Waals surface area contributed by atoms with Crippen molar-refractivity contribution in [2.24, 2.45) is 0 Å². The predicted molar refractivity (Wildman–Crippen MR) is 62.8 cm³/mol. The molecule has 0 aliphatic carbocycles. The molecule has 2 rings (SSSR count). The Morgan fingerprint density at radius 2 is 2.11 bits per heavy atom. The van der Waals surface area contributed by atoms with E-state index in [0.29, 0.717) is 19.7 Å². The minimum Gasteiger partial charge on any atom is -0.417 e. The number of rotatable bonds is 4. The molecule has 1 unspecified atom stereocenters. The van der Waals surface area contributed by atoms with Crippen molar-refractivity contribution >= 4 is 6.09 Å².